The molecule has 0 atom stereocenters. The van der Waals surface area contributed by atoms with E-state index in [-0.39, 0.29) is 41.4 Å². The molecule has 0 amide bonds. The lowest BCUT2D eigenvalue weighted by atomic mass is 10.1. The fourth-order valence-electron chi connectivity index (χ4n) is 4.73. The van der Waals surface area contributed by atoms with Gasteiger partial charge in [0.05, 0.1) is 35.3 Å². The van der Waals surface area contributed by atoms with Crippen LogP contribution in [-0.4, -0.2) is 72.7 Å². The molecule has 16 heteroatoms. The second-order valence-corrected chi connectivity index (χ2v) is 11.9. The van der Waals surface area contributed by atoms with Crippen LogP contribution in [0.3, 0.4) is 0 Å². The molecule has 0 radical (unpaired) electrons. The number of nitrogens with zero attached hydrogens (tertiary/aromatic N) is 8. The molecule has 1 fully saturated rings. The van der Waals surface area contributed by atoms with Gasteiger partial charge < -0.3 is 15.2 Å². The number of hydrogen-bond acceptors (Lipinski definition) is 9. The quantitative estimate of drug-likeness (QED) is 0.295. The first-order chi connectivity index (χ1) is 20.0. The number of aromatic nitrogens is 7. The third-order valence-corrected chi connectivity index (χ3v) is 8.73. The van der Waals surface area contributed by atoms with Crippen molar-refractivity contribution in [3.8, 4) is 16.9 Å². The maximum Gasteiger partial charge on any atom is 0.419 e. The summed E-state index contributed by atoms with van der Waals surface area (Å²) >= 11 is 0. The third-order valence-electron chi connectivity index (χ3n) is 6.94. The van der Waals surface area contributed by atoms with Gasteiger partial charge in [0.1, 0.15) is 5.56 Å². The monoisotopic (exact) mass is 604 g/mol. The van der Waals surface area contributed by atoms with Gasteiger partial charge in [-0.05, 0) is 38.4 Å². The number of halogens is 3. The Hall–Kier alpha value is -3.89. The molecule has 2 N–H and O–H groups in total. The van der Waals surface area contributed by atoms with Crippen molar-refractivity contribution in [2.45, 2.75) is 50.5 Å². The van der Waals surface area contributed by atoms with Gasteiger partial charge in [-0.15, -0.1) is 0 Å². The van der Waals surface area contributed by atoms with E-state index in [1.165, 1.54) is 33.9 Å². The average molecular weight is 605 g/mol. The van der Waals surface area contributed by atoms with Crippen LogP contribution < -0.4 is 10.6 Å². The zero-order valence-corrected chi connectivity index (χ0v) is 24.1. The Morgan fingerprint density at radius 3 is 2.48 bits per heavy atom. The van der Waals surface area contributed by atoms with E-state index in [0.29, 0.717) is 30.8 Å². The van der Waals surface area contributed by atoms with Gasteiger partial charge in [0.15, 0.2) is 5.03 Å². The SMILES string of the molecule is CCNCc1ccc(-n2cc(-c3nc(NC4CCN(S(=O)(=O)c5cn(C)cn5)CC4)ncc3C(F)(F)F)cn2)c(C)n1. The van der Waals surface area contributed by atoms with Crippen molar-refractivity contribution in [2.24, 2.45) is 7.05 Å². The summed E-state index contributed by atoms with van der Waals surface area (Å²) in [5.41, 5.74) is 1.03. The summed E-state index contributed by atoms with van der Waals surface area (Å²) in [6.45, 7) is 5.65. The van der Waals surface area contributed by atoms with Gasteiger partial charge >= 0.3 is 6.18 Å². The number of sulfonamides is 1. The number of hydrogen-bond donors (Lipinski definition) is 2. The van der Waals surface area contributed by atoms with Crippen LogP contribution >= 0.6 is 0 Å². The van der Waals surface area contributed by atoms with Crippen LogP contribution in [0.25, 0.3) is 16.9 Å². The smallest absolute Gasteiger partial charge is 0.351 e. The molecule has 4 aromatic rings. The van der Waals surface area contributed by atoms with Crippen LogP contribution in [0.2, 0.25) is 0 Å². The van der Waals surface area contributed by atoms with Gasteiger partial charge in [0, 0.05) is 56.9 Å². The summed E-state index contributed by atoms with van der Waals surface area (Å²) in [6, 6.07) is 3.43. The maximum atomic E-state index is 13.9. The van der Waals surface area contributed by atoms with Crippen LogP contribution in [0.1, 0.15) is 36.7 Å². The number of imidazole rings is 1. The van der Waals surface area contributed by atoms with E-state index < -0.39 is 21.8 Å². The van der Waals surface area contributed by atoms with Crippen molar-refractivity contribution in [1.29, 1.82) is 0 Å². The van der Waals surface area contributed by atoms with E-state index in [0.717, 1.165) is 18.4 Å². The van der Waals surface area contributed by atoms with Crippen molar-refractivity contribution >= 4 is 16.0 Å². The summed E-state index contributed by atoms with van der Waals surface area (Å²) in [7, 11) is -2.04. The summed E-state index contributed by atoms with van der Waals surface area (Å²) in [4.78, 5) is 16.7. The minimum Gasteiger partial charge on any atom is -0.351 e. The molecule has 5 heterocycles. The molecule has 1 aliphatic rings. The highest BCUT2D eigenvalue weighted by atomic mass is 32.2. The van der Waals surface area contributed by atoms with Gasteiger partial charge in [-0.3, -0.25) is 4.98 Å². The van der Waals surface area contributed by atoms with Crippen LogP contribution in [-0.2, 0) is 29.8 Å². The van der Waals surface area contributed by atoms with Gasteiger partial charge in [-0.1, -0.05) is 6.92 Å². The lowest BCUT2D eigenvalue weighted by Crippen LogP contribution is -2.42. The number of pyridine rings is 1. The normalized spacial score (nSPS) is 15.3. The topological polar surface area (TPSA) is 136 Å². The molecular formula is C26H31F3N10O2S. The second kappa shape index (κ2) is 11.8. The van der Waals surface area contributed by atoms with E-state index in [2.05, 4.69) is 35.7 Å². The molecule has 42 heavy (non-hydrogen) atoms. The highest BCUT2D eigenvalue weighted by Gasteiger charge is 2.36. The zero-order valence-electron chi connectivity index (χ0n) is 23.3. The molecule has 224 valence electrons. The van der Waals surface area contributed by atoms with Crippen LogP contribution in [0.4, 0.5) is 19.1 Å². The minimum absolute atomic E-state index is 0.0161. The molecule has 5 rings (SSSR count). The number of rotatable bonds is 9. The highest BCUT2D eigenvalue weighted by molar-refractivity contribution is 7.89. The number of alkyl halides is 3. The van der Waals surface area contributed by atoms with E-state index in [4.69, 9.17) is 0 Å². The third kappa shape index (κ3) is 6.29. The molecule has 4 aromatic heterocycles. The minimum atomic E-state index is -4.69. The Bertz CT molecular complexity index is 1660. The van der Waals surface area contributed by atoms with Crippen LogP contribution in [0.15, 0.2) is 48.3 Å². The average Bonchev–Trinajstić information content (AvgIpc) is 3.62. The van der Waals surface area contributed by atoms with Crippen LogP contribution in [0.5, 0.6) is 0 Å². The van der Waals surface area contributed by atoms with Gasteiger partial charge in [-0.25, -0.2) is 28.1 Å². The standard InChI is InChI=1S/C26H31F3N10O2S/c1-4-30-12-20-5-6-22(17(2)34-20)39-14-18(11-33-39)24-21(26(27,28)29)13-31-25(36-24)35-19-7-9-38(10-8-19)42(40,41)23-15-37(3)16-32-23/h5-6,11,13-16,19,30H,4,7-10,12H2,1-3H3,(H,31,35,36). The first kappa shape index (κ1) is 29.6. The number of nitrogens with one attached hydrogen (secondary N) is 2. The zero-order chi connectivity index (χ0) is 30.1. The Kier molecular flexibility index (Phi) is 8.30. The molecule has 0 spiro atoms. The molecule has 0 aromatic carbocycles. The molecule has 12 nitrogen and oxygen atoms in total. The Balaban J connectivity index is 1.34. The molecule has 1 aliphatic heterocycles. The predicted octanol–water partition coefficient (Wildman–Crippen LogP) is 3.16. The summed E-state index contributed by atoms with van der Waals surface area (Å²) in [5, 5.41) is 10.5. The molecule has 0 aliphatic carbocycles. The number of aryl methyl sites for hydroxylation is 2. The van der Waals surface area contributed by atoms with E-state index >= 15 is 0 Å². The van der Waals surface area contributed by atoms with Gasteiger partial charge in [0.25, 0.3) is 10.0 Å². The molecular weight excluding hydrogens is 573 g/mol. The van der Waals surface area contributed by atoms with Crippen molar-refractivity contribution in [1.82, 2.24) is 43.9 Å². The molecule has 1 saturated heterocycles. The first-order valence-corrected chi connectivity index (χ1v) is 14.8. The first-order valence-electron chi connectivity index (χ1n) is 13.4. The van der Waals surface area contributed by atoms with Crippen LogP contribution in [0, 0.1) is 6.92 Å². The fourth-order valence-corrected chi connectivity index (χ4v) is 6.17. The van der Waals surface area contributed by atoms with Crippen molar-refractivity contribution in [3.63, 3.8) is 0 Å². The summed E-state index contributed by atoms with van der Waals surface area (Å²) in [5.74, 6) is 0.0161. The van der Waals surface area contributed by atoms with Crippen molar-refractivity contribution in [2.75, 3.05) is 25.0 Å². The van der Waals surface area contributed by atoms with Crippen molar-refractivity contribution in [3.05, 3.63) is 60.2 Å². The molecule has 0 unspecified atom stereocenters. The highest BCUT2D eigenvalue weighted by Crippen LogP contribution is 2.36. The lowest BCUT2D eigenvalue weighted by Gasteiger charge is -2.31. The summed E-state index contributed by atoms with van der Waals surface area (Å²) in [6.07, 6.45) is 2.57. The summed E-state index contributed by atoms with van der Waals surface area (Å²) < 4.78 is 72.0. The number of anilines is 1. The molecule has 0 saturated carbocycles. The van der Waals surface area contributed by atoms with Gasteiger partial charge in [-0.2, -0.15) is 22.6 Å². The molecule has 0 bridgehead atoms. The lowest BCUT2D eigenvalue weighted by molar-refractivity contribution is -0.137. The Morgan fingerprint density at radius 1 is 1.07 bits per heavy atom. The second-order valence-electron chi connectivity index (χ2n) is 10.0. The maximum absolute atomic E-state index is 13.9. The van der Waals surface area contributed by atoms with E-state index in [9.17, 15) is 21.6 Å². The fraction of sp³-hybridized carbons (Fsp3) is 0.423. The Labute approximate surface area is 241 Å². The van der Waals surface area contributed by atoms with E-state index in [1.54, 1.807) is 11.6 Å². The van der Waals surface area contributed by atoms with E-state index in [1.807, 2.05) is 26.0 Å². The predicted molar refractivity (Wildman–Crippen MR) is 148 cm³/mol. The number of piperidine rings is 1. The largest absolute Gasteiger partial charge is 0.419 e. The van der Waals surface area contributed by atoms with Gasteiger partial charge in [0.2, 0.25) is 5.95 Å². The Morgan fingerprint density at radius 2 is 1.83 bits per heavy atom. The van der Waals surface area contributed by atoms with Crippen molar-refractivity contribution < 1.29 is 21.6 Å².